The Balaban J connectivity index is 1.54. The summed E-state index contributed by atoms with van der Waals surface area (Å²) in [4.78, 5) is 0. The van der Waals surface area contributed by atoms with E-state index in [4.69, 9.17) is 21.1 Å². The van der Waals surface area contributed by atoms with Gasteiger partial charge in [-0.1, -0.05) is 66.2 Å². The third kappa shape index (κ3) is 3.07. The van der Waals surface area contributed by atoms with Crippen molar-refractivity contribution in [3.05, 3.63) is 76.8 Å². The first-order chi connectivity index (χ1) is 11.2. The zero-order chi connectivity index (χ0) is 15.7. The van der Waals surface area contributed by atoms with Gasteiger partial charge >= 0.3 is 0 Å². The van der Waals surface area contributed by atoms with Crippen LogP contribution in [-0.4, -0.2) is 12.7 Å². The SMILES string of the molecule is Clc1ccc(/C=C/[C@@H]2C[C@H]3CO[C@@](c4ccccc4)(C2)O3)cc1. The number of allylic oxidation sites excluding steroid dienone is 1. The summed E-state index contributed by atoms with van der Waals surface area (Å²) in [6.07, 6.45) is 6.51. The van der Waals surface area contributed by atoms with Crippen LogP contribution in [0.4, 0.5) is 0 Å². The van der Waals surface area contributed by atoms with Gasteiger partial charge in [-0.3, -0.25) is 0 Å². The molecule has 0 amide bonds. The fourth-order valence-corrected chi connectivity index (χ4v) is 3.61. The average Bonchev–Trinajstić information content (AvgIpc) is 2.91. The van der Waals surface area contributed by atoms with E-state index in [1.54, 1.807) is 0 Å². The molecule has 3 heteroatoms. The van der Waals surface area contributed by atoms with E-state index in [1.807, 2.05) is 42.5 Å². The Morgan fingerprint density at radius 3 is 2.61 bits per heavy atom. The van der Waals surface area contributed by atoms with Gasteiger partial charge in [0.1, 0.15) is 0 Å². The van der Waals surface area contributed by atoms with E-state index < -0.39 is 5.79 Å². The summed E-state index contributed by atoms with van der Waals surface area (Å²) < 4.78 is 12.3. The quantitative estimate of drug-likeness (QED) is 0.787. The third-order valence-electron chi connectivity index (χ3n) is 4.60. The number of hydrogen-bond donors (Lipinski definition) is 0. The minimum atomic E-state index is -0.570. The molecule has 2 aliphatic heterocycles. The molecule has 2 fully saturated rings. The van der Waals surface area contributed by atoms with Crippen molar-refractivity contribution in [1.82, 2.24) is 0 Å². The van der Waals surface area contributed by atoms with Crippen LogP contribution in [0.3, 0.4) is 0 Å². The van der Waals surface area contributed by atoms with Gasteiger partial charge in [-0.2, -0.15) is 0 Å². The Bertz CT molecular complexity index is 695. The maximum atomic E-state index is 6.20. The fourth-order valence-electron chi connectivity index (χ4n) is 3.48. The summed E-state index contributed by atoms with van der Waals surface area (Å²) in [5, 5.41) is 0.766. The lowest BCUT2D eigenvalue weighted by Crippen LogP contribution is -2.35. The summed E-state index contributed by atoms with van der Waals surface area (Å²) in [6, 6.07) is 18.2. The second kappa shape index (κ2) is 6.12. The van der Waals surface area contributed by atoms with Crippen LogP contribution in [0.1, 0.15) is 24.0 Å². The molecule has 0 spiro atoms. The molecule has 2 bridgehead atoms. The molecule has 0 unspecified atom stereocenters. The summed E-state index contributed by atoms with van der Waals surface area (Å²) in [7, 11) is 0. The van der Waals surface area contributed by atoms with E-state index in [9.17, 15) is 0 Å². The lowest BCUT2D eigenvalue weighted by molar-refractivity contribution is -0.204. The van der Waals surface area contributed by atoms with Crippen LogP contribution in [0.5, 0.6) is 0 Å². The lowest BCUT2D eigenvalue weighted by Gasteiger charge is -2.35. The van der Waals surface area contributed by atoms with Gasteiger partial charge in [0.2, 0.25) is 0 Å². The standard InChI is InChI=1S/C20H19ClO2/c21-18-10-8-15(9-11-18)6-7-16-12-19-14-22-20(13-16,23-19)17-4-2-1-3-5-17/h1-11,16,19H,12-14H2/b7-6+/t16-,19+,20+/m1/s1. The molecule has 0 aliphatic carbocycles. The van der Waals surface area contributed by atoms with Crippen LogP contribution in [0.25, 0.3) is 6.08 Å². The van der Waals surface area contributed by atoms with Crippen LogP contribution < -0.4 is 0 Å². The van der Waals surface area contributed by atoms with E-state index in [-0.39, 0.29) is 6.10 Å². The summed E-state index contributed by atoms with van der Waals surface area (Å²) >= 11 is 5.94. The van der Waals surface area contributed by atoms with Crippen LogP contribution in [0, 0.1) is 5.92 Å². The summed E-state index contributed by atoms with van der Waals surface area (Å²) in [6.45, 7) is 0.681. The van der Waals surface area contributed by atoms with Crippen LogP contribution >= 0.6 is 11.6 Å². The molecule has 118 valence electrons. The molecule has 2 aromatic rings. The molecular weight excluding hydrogens is 308 g/mol. The van der Waals surface area contributed by atoms with Gasteiger partial charge in [0.15, 0.2) is 5.79 Å². The normalized spacial score (nSPS) is 30.0. The van der Waals surface area contributed by atoms with Gasteiger partial charge in [0.05, 0.1) is 12.7 Å². The highest BCUT2D eigenvalue weighted by Gasteiger charge is 2.48. The van der Waals surface area contributed by atoms with Crippen molar-refractivity contribution in [2.24, 2.45) is 5.92 Å². The molecule has 23 heavy (non-hydrogen) atoms. The zero-order valence-electron chi connectivity index (χ0n) is 12.8. The number of hydrogen-bond acceptors (Lipinski definition) is 2. The Morgan fingerprint density at radius 2 is 1.83 bits per heavy atom. The van der Waals surface area contributed by atoms with Crippen molar-refractivity contribution in [3.63, 3.8) is 0 Å². The molecule has 0 saturated carbocycles. The van der Waals surface area contributed by atoms with Gasteiger partial charge in [-0.05, 0) is 30.0 Å². The van der Waals surface area contributed by atoms with Crippen molar-refractivity contribution in [3.8, 4) is 0 Å². The number of halogens is 1. The van der Waals surface area contributed by atoms with Crippen LogP contribution in [-0.2, 0) is 15.3 Å². The van der Waals surface area contributed by atoms with Crippen molar-refractivity contribution in [2.45, 2.75) is 24.7 Å². The van der Waals surface area contributed by atoms with Crippen molar-refractivity contribution < 1.29 is 9.47 Å². The Morgan fingerprint density at radius 1 is 1.04 bits per heavy atom. The second-order valence-corrected chi connectivity index (χ2v) is 6.72. The number of benzene rings is 2. The number of rotatable bonds is 3. The smallest absolute Gasteiger partial charge is 0.195 e. The Labute approximate surface area is 141 Å². The van der Waals surface area contributed by atoms with Gasteiger partial charge in [-0.25, -0.2) is 0 Å². The molecule has 2 heterocycles. The number of ether oxygens (including phenoxy) is 2. The highest BCUT2D eigenvalue weighted by molar-refractivity contribution is 6.30. The van der Waals surface area contributed by atoms with Crippen LogP contribution in [0.2, 0.25) is 5.02 Å². The molecule has 2 saturated heterocycles. The average molecular weight is 327 g/mol. The summed E-state index contributed by atoms with van der Waals surface area (Å²) in [5.41, 5.74) is 2.29. The highest BCUT2D eigenvalue weighted by Crippen LogP contribution is 2.46. The summed E-state index contributed by atoms with van der Waals surface area (Å²) in [5.74, 6) is -0.119. The van der Waals surface area contributed by atoms with Crippen molar-refractivity contribution >= 4 is 17.7 Å². The minimum Gasteiger partial charge on any atom is -0.343 e. The molecule has 0 aromatic heterocycles. The molecule has 2 nitrogen and oxygen atoms in total. The molecule has 2 aromatic carbocycles. The first kappa shape index (κ1) is 14.9. The maximum Gasteiger partial charge on any atom is 0.195 e. The molecular formula is C20H19ClO2. The van der Waals surface area contributed by atoms with Gasteiger partial charge in [0.25, 0.3) is 0 Å². The minimum absolute atomic E-state index is 0.184. The Kier molecular flexibility index (Phi) is 3.98. The number of fused-ring (bicyclic) bond motifs is 2. The fraction of sp³-hybridized carbons (Fsp3) is 0.300. The zero-order valence-corrected chi connectivity index (χ0v) is 13.6. The molecule has 0 N–H and O–H groups in total. The van der Waals surface area contributed by atoms with Gasteiger partial charge in [0, 0.05) is 17.0 Å². The lowest BCUT2D eigenvalue weighted by atomic mass is 9.87. The largest absolute Gasteiger partial charge is 0.343 e. The Hall–Kier alpha value is -1.61. The van der Waals surface area contributed by atoms with Crippen LogP contribution in [0.15, 0.2) is 60.7 Å². The third-order valence-corrected chi connectivity index (χ3v) is 4.85. The first-order valence-corrected chi connectivity index (χ1v) is 8.42. The topological polar surface area (TPSA) is 18.5 Å². The van der Waals surface area contributed by atoms with Crippen molar-refractivity contribution in [1.29, 1.82) is 0 Å². The predicted octanol–water partition coefficient (Wildman–Crippen LogP) is 5.03. The predicted molar refractivity (Wildman–Crippen MR) is 92.2 cm³/mol. The van der Waals surface area contributed by atoms with E-state index in [1.165, 1.54) is 5.56 Å². The maximum absolute atomic E-state index is 6.20. The second-order valence-electron chi connectivity index (χ2n) is 6.28. The van der Waals surface area contributed by atoms with E-state index in [2.05, 4.69) is 24.3 Å². The molecule has 4 rings (SSSR count). The molecule has 0 radical (unpaired) electrons. The van der Waals surface area contributed by atoms with Gasteiger partial charge in [-0.15, -0.1) is 0 Å². The monoisotopic (exact) mass is 326 g/mol. The van der Waals surface area contributed by atoms with Crippen molar-refractivity contribution in [2.75, 3.05) is 6.61 Å². The van der Waals surface area contributed by atoms with E-state index >= 15 is 0 Å². The van der Waals surface area contributed by atoms with E-state index in [0.717, 1.165) is 23.4 Å². The van der Waals surface area contributed by atoms with E-state index in [0.29, 0.717) is 12.5 Å². The molecule has 3 atom stereocenters. The highest BCUT2D eigenvalue weighted by atomic mass is 35.5. The first-order valence-electron chi connectivity index (χ1n) is 8.05. The molecule has 2 aliphatic rings. The van der Waals surface area contributed by atoms with Gasteiger partial charge < -0.3 is 9.47 Å².